The maximum absolute atomic E-state index is 12.5. The zero-order valence-electron chi connectivity index (χ0n) is 12.2. The van der Waals surface area contributed by atoms with Crippen molar-refractivity contribution in [2.75, 3.05) is 5.75 Å². The van der Waals surface area contributed by atoms with E-state index in [-0.39, 0.29) is 5.56 Å². The molecule has 2 aromatic heterocycles. The van der Waals surface area contributed by atoms with E-state index in [2.05, 4.69) is 17.1 Å². The normalized spacial score (nSPS) is 11.5. The van der Waals surface area contributed by atoms with E-state index in [1.54, 1.807) is 16.3 Å². The van der Waals surface area contributed by atoms with E-state index in [4.69, 9.17) is 0 Å². The summed E-state index contributed by atoms with van der Waals surface area (Å²) >= 11 is 1.70. The second kappa shape index (κ2) is 5.89. The Morgan fingerprint density at radius 1 is 1.19 bits per heavy atom. The fraction of sp³-hybridized carbons (Fsp3) is 0.400. The lowest BCUT2D eigenvalue weighted by molar-refractivity contribution is 0.733. The lowest BCUT2D eigenvalue weighted by Crippen LogP contribution is -2.22. The van der Waals surface area contributed by atoms with Crippen molar-refractivity contribution in [3.05, 3.63) is 34.6 Å². The van der Waals surface area contributed by atoms with Crippen molar-refractivity contribution in [2.45, 2.75) is 38.4 Å². The van der Waals surface area contributed by atoms with Crippen LogP contribution in [-0.4, -0.2) is 24.9 Å². The van der Waals surface area contributed by atoms with E-state index in [1.165, 1.54) is 0 Å². The highest BCUT2D eigenvalue weighted by molar-refractivity contribution is 7.99. The van der Waals surface area contributed by atoms with Gasteiger partial charge in [-0.3, -0.25) is 13.8 Å². The van der Waals surface area contributed by atoms with Gasteiger partial charge in [-0.15, -0.1) is 10.2 Å². The number of unbranched alkanes of at least 4 members (excludes halogenated alkanes) is 1. The first-order chi connectivity index (χ1) is 10.3. The van der Waals surface area contributed by atoms with Crippen LogP contribution in [0.2, 0.25) is 0 Å². The summed E-state index contributed by atoms with van der Waals surface area (Å²) in [7, 11) is 0. The first kappa shape index (κ1) is 14.1. The van der Waals surface area contributed by atoms with E-state index in [0.717, 1.165) is 29.3 Å². The highest BCUT2D eigenvalue weighted by atomic mass is 32.2. The molecule has 0 radical (unpaired) electrons. The molecule has 110 valence electrons. The van der Waals surface area contributed by atoms with Gasteiger partial charge in [0.2, 0.25) is 5.78 Å². The molecule has 2 heterocycles. The Balaban J connectivity index is 2.29. The number of thioether (sulfide) groups is 1. The number of hydrogen-bond donors (Lipinski definition) is 0. The summed E-state index contributed by atoms with van der Waals surface area (Å²) < 4.78 is 3.68. The Bertz CT molecular complexity index is 837. The summed E-state index contributed by atoms with van der Waals surface area (Å²) in [5, 5.41) is 10.1. The number of nitrogens with zero attached hydrogens (tertiary/aromatic N) is 4. The molecule has 0 aliphatic heterocycles. The summed E-state index contributed by atoms with van der Waals surface area (Å²) in [4.78, 5) is 12.5. The largest absolute Gasteiger partial charge is 0.277 e. The van der Waals surface area contributed by atoms with Gasteiger partial charge in [0.05, 0.1) is 10.9 Å². The molecule has 3 rings (SSSR count). The smallest absolute Gasteiger partial charge is 0.262 e. The van der Waals surface area contributed by atoms with Crippen molar-refractivity contribution >= 4 is 28.4 Å². The predicted octanol–water partition coefficient (Wildman–Crippen LogP) is 2.96. The van der Waals surface area contributed by atoms with Gasteiger partial charge in [-0.1, -0.05) is 37.2 Å². The molecule has 0 saturated heterocycles. The minimum atomic E-state index is -0.00175. The predicted molar refractivity (Wildman–Crippen MR) is 86.1 cm³/mol. The van der Waals surface area contributed by atoms with Crippen LogP contribution in [0, 0.1) is 0 Å². The Labute approximate surface area is 127 Å². The molecular weight excluding hydrogens is 284 g/mol. The topological polar surface area (TPSA) is 52.2 Å². The molecule has 0 bridgehead atoms. The van der Waals surface area contributed by atoms with Crippen LogP contribution in [0.4, 0.5) is 0 Å². The molecule has 0 fully saturated rings. The fourth-order valence-corrected chi connectivity index (χ4v) is 3.44. The highest BCUT2D eigenvalue weighted by Gasteiger charge is 2.15. The second-order valence-corrected chi connectivity index (χ2v) is 5.95. The third-order valence-corrected chi connectivity index (χ3v) is 4.54. The van der Waals surface area contributed by atoms with Crippen LogP contribution >= 0.6 is 11.8 Å². The number of fused-ring (bicyclic) bond motifs is 3. The fourth-order valence-electron chi connectivity index (χ4n) is 2.42. The second-order valence-electron chi connectivity index (χ2n) is 4.89. The number of rotatable bonds is 5. The number of aryl methyl sites for hydroxylation is 1. The maximum Gasteiger partial charge on any atom is 0.262 e. The average molecular weight is 302 g/mol. The van der Waals surface area contributed by atoms with Crippen molar-refractivity contribution in [2.24, 2.45) is 0 Å². The summed E-state index contributed by atoms with van der Waals surface area (Å²) in [6, 6.07) is 7.66. The first-order valence-electron chi connectivity index (χ1n) is 7.27. The summed E-state index contributed by atoms with van der Waals surface area (Å²) in [6.07, 6.45) is 2.30. The summed E-state index contributed by atoms with van der Waals surface area (Å²) in [5.41, 5.74) is 0.879. The van der Waals surface area contributed by atoms with E-state index >= 15 is 0 Å². The van der Waals surface area contributed by atoms with Crippen molar-refractivity contribution in [3.8, 4) is 0 Å². The van der Waals surface area contributed by atoms with Crippen molar-refractivity contribution in [3.63, 3.8) is 0 Å². The Morgan fingerprint density at radius 3 is 2.76 bits per heavy atom. The Hall–Kier alpha value is -1.82. The van der Waals surface area contributed by atoms with Gasteiger partial charge in [0.1, 0.15) is 0 Å². The van der Waals surface area contributed by atoms with Crippen LogP contribution in [-0.2, 0) is 6.54 Å². The number of benzene rings is 1. The van der Waals surface area contributed by atoms with E-state index < -0.39 is 0 Å². The number of aromatic nitrogens is 4. The average Bonchev–Trinajstić information content (AvgIpc) is 2.92. The number of hydrogen-bond acceptors (Lipinski definition) is 4. The van der Waals surface area contributed by atoms with E-state index in [9.17, 15) is 4.79 Å². The molecule has 0 unspecified atom stereocenters. The molecule has 0 aliphatic rings. The van der Waals surface area contributed by atoms with Crippen molar-refractivity contribution < 1.29 is 0 Å². The lowest BCUT2D eigenvalue weighted by Gasteiger charge is -2.09. The molecule has 1 aromatic carbocycles. The molecule has 3 aromatic rings. The monoisotopic (exact) mass is 302 g/mol. The van der Waals surface area contributed by atoms with Crippen molar-refractivity contribution in [1.29, 1.82) is 0 Å². The molecule has 0 atom stereocenters. The third-order valence-electron chi connectivity index (χ3n) is 3.52. The molecule has 21 heavy (non-hydrogen) atoms. The molecule has 5 nitrogen and oxygen atoms in total. The Kier molecular flexibility index (Phi) is 3.96. The molecule has 0 saturated carbocycles. The number of para-hydroxylation sites is 1. The molecule has 0 amide bonds. The maximum atomic E-state index is 12.5. The van der Waals surface area contributed by atoms with Gasteiger partial charge in [0.15, 0.2) is 5.16 Å². The van der Waals surface area contributed by atoms with Crippen LogP contribution in [0.3, 0.4) is 0 Å². The molecule has 0 N–H and O–H groups in total. The standard InChI is InChI=1S/C15H18N4OS/c1-3-5-10-21-15-17-16-14-18(4-2)13(20)11-8-6-7-9-12(11)19(14)15/h6-9H,3-5,10H2,1-2H3. The molecular formula is C15H18N4OS. The molecule has 0 aliphatic carbocycles. The first-order valence-corrected chi connectivity index (χ1v) is 8.26. The summed E-state index contributed by atoms with van der Waals surface area (Å²) in [5.74, 6) is 1.64. The minimum absolute atomic E-state index is 0.00175. The van der Waals surface area contributed by atoms with Crippen molar-refractivity contribution in [1.82, 2.24) is 19.2 Å². The third kappa shape index (κ3) is 2.33. The zero-order valence-corrected chi connectivity index (χ0v) is 13.1. The quantitative estimate of drug-likeness (QED) is 0.537. The van der Waals surface area contributed by atoms with Gasteiger partial charge in [0.25, 0.3) is 5.56 Å². The van der Waals surface area contributed by atoms with Gasteiger partial charge >= 0.3 is 0 Å². The van der Waals surface area contributed by atoms with Crippen LogP contribution < -0.4 is 5.56 Å². The van der Waals surface area contributed by atoms with Gasteiger partial charge in [-0.2, -0.15) is 0 Å². The van der Waals surface area contributed by atoms with E-state index in [0.29, 0.717) is 17.7 Å². The Morgan fingerprint density at radius 2 is 2.00 bits per heavy atom. The molecule has 0 spiro atoms. The lowest BCUT2D eigenvalue weighted by atomic mass is 10.2. The van der Waals surface area contributed by atoms with Crippen LogP contribution in [0.25, 0.3) is 16.7 Å². The molecule has 6 heteroatoms. The van der Waals surface area contributed by atoms with Gasteiger partial charge in [-0.25, -0.2) is 0 Å². The minimum Gasteiger partial charge on any atom is -0.277 e. The summed E-state index contributed by atoms with van der Waals surface area (Å²) in [6.45, 7) is 4.71. The van der Waals surface area contributed by atoms with E-state index in [1.807, 2.05) is 35.6 Å². The van der Waals surface area contributed by atoms with Gasteiger partial charge < -0.3 is 0 Å². The van der Waals surface area contributed by atoms with Crippen LogP contribution in [0.5, 0.6) is 0 Å². The van der Waals surface area contributed by atoms with Gasteiger partial charge in [-0.05, 0) is 25.5 Å². The SMILES string of the molecule is CCCCSc1nnc2n(CC)c(=O)c3ccccc3n12. The van der Waals surface area contributed by atoms with Gasteiger partial charge in [0, 0.05) is 12.3 Å². The van der Waals surface area contributed by atoms with Crippen LogP contribution in [0.1, 0.15) is 26.7 Å². The highest BCUT2D eigenvalue weighted by Crippen LogP contribution is 2.22. The van der Waals surface area contributed by atoms with Crippen LogP contribution in [0.15, 0.2) is 34.2 Å². The zero-order chi connectivity index (χ0) is 14.8.